The second kappa shape index (κ2) is 6.33. The Morgan fingerprint density at radius 2 is 2.00 bits per heavy atom. The molecule has 1 atom stereocenters. The minimum absolute atomic E-state index is 0.273. The van der Waals surface area contributed by atoms with Gasteiger partial charge in [-0.1, -0.05) is 43.7 Å². The molecule has 0 saturated carbocycles. The highest BCUT2D eigenvalue weighted by molar-refractivity contribution is 5.96. The Hall–Kier alpha value is -1.15. The summed E-state index contributed by atoms with van der Waals surface area (Å²) in [7, 11) is 0. The van der Waals surface area contributed by atoms with Crippen molar-refractivity contribution in [1.29, 1.82) is 0 Å². The van der Waals surface area contributed by atoms with Crippen LogP contribution in [0.3, 0.4) is 0 Å². The highest BCUT2D eigenvalue weighted by Gasteiger charge is 2.26. The number of benzene rings is 1. The van der Waals surface area contributed by atoms with Crippen molar-refractivity contribution >= 4 is 5.78 Å². The lowest BCUT2D eigenvalue weighted by Crippen LogP contribution is -2.35. The lowest BCUT2D eigenvalue weighted by Gasteiger charge is -2.27. The van der Waals surface area contributed by atoms with Crippen molar-refractivity contribution in [2.75, 3.05) is 13.1 Å². The third kappa shape index (κ3) is 3.66. The molecule has 19 heavy (non-hydrogen) atoms. The van der Waals surface area contributed by atoms with E-state index in [-0.39, 0.29) is 5.78 Å². The van der Waals surface area contributed by atoms with E-state index in [1.54, 1.807) is 0 Å². The van der Waals surface area contributed by atoms with Gasteiger partial charge in [0.1, 0.15) is 0 Å². The summed E-state index contributed by atoms with van der Waals surface area (Å²) in [5.74, 6) is 0.964. The zero-order valence-electron chi connectivity index (χ0n) is 12.4. The monoisotopic (exact) mass is 259 g/mol. The predicted molar refractivity (Wildman–Crippen MR) is 79.6 cm³/mol. The molecule has 1 saturated heterocycles. The first-order valence-corrected chi connectivity index (χ1v) is 7.42. The fraction of sp³-hybridized carbons (Fsp3) is 0.588. The van der Waals surface area contributed by atoms with Gasteiger partial charge in [-0.05, 0) is 32.2 Å². The average Bonchev–Trinajstić information content (AvgIpc) is 2.85. The van der Waals surface area contributed by atoms with E-state index in [2.05, 4.69) is 18.7 Å². The number of hydrogen-bond donors (Lipinski definition) is 0. The number of aryl methyl sites for hydroxylation is 1. The SMILES string of the molecule is Cc1ccc(C(=O)CCN2CCCC2C(C)C)cc1. The molecule has 2 heteroatoms. The number of nitrogens with zero attached hydrogens (tertiary/aromatic N) is 1. The third-order valence-corrected chi connectivity index (χ3v) is 4.18. The summed E-state index contributed by atoms with van der Waals surface area (Å²) in [6, 6.07) is 8.59. The number of rotatable bonds is 5. The van der Waals surface area contributed by atoms with Crippen LogP contribution >= 0.6 is 0 Å². The predicted octanol–water partition coefficient (Wildman–Crippen LogP) is 3.69. The van der Waals surface area contributed by atoms with E-state index in [1.807, 2.05) is 31.2 Å². The zero-order chi connectivity index (χ0) is 13.8. The Morgan fingerprint density at radius 3 is 2.63 bits per heavy atom. The molecule has 1 aliphatic rings. The van der Waals surface area contributed by atoms with Gasteiger partial charge in [-0.3, -0.25) is 9.69 Å². The molecule has 0 aliphatic carbocycles. The fourth-order valence-corrected chi connectivity index (χ4v) is 3.01. The van der Waals surface area contributed by atoms with E-state index in [0.29, 0.717) is 18.4 Å². The standard InChI is InChI=1S/C17H25NO/c1-13(2)16-5-4-11-18(16)12-10-17(19)15-8-6-14(3)7-9-15/h6-9,13,16H,4-5,10-12H2,1-3H3. The number of ketones is 1. The van der Waals surface area contributed by atoms with Gasteiger partial charge in [-0.2, -0.15) is 0 Å². The molecule has 1 aliphatic heterocycles. The molecule has 0 radical (unpaired) electrons. The summed E-state index contributed by atoms with van der Waals surface area (Å²) in [5, 5.41) is 0. The molecule has 2 rings (SSSR count). The van der Waals surface area contributed by atoms with Crippen LogP contribution in [0.2, 0.25) is 0 Å². The maximum Gasteiger partial charge on any atom is 0.164 e. The minimum Gasteiger partial charge on any atom is -0.300 e. The topological polar surface area (TPSA) is 20.3 Å². The zero-order valence-corrected chi connectivity index (χ0v) is 12.4. The third-order valence-electron chi connectivity index (χ3n) is 4.18. The van der Waals surface area contributed by atoms with E-state index in [4.69, 9.17) is 0 Å². The largest absolute Gasteiger partial charge is 0.300 e. The first-order valence-electron chi connectivity index (χ1n) is 7.42. The maximum absolute atomic E-state index is 12.2. The Morgan fingerprint density at radius 1 is 1.32 bits per heavy atom. The van der Waals surface area contributed by atoms with Crippen LogP contribution in [-0.2, 0) is 0 Å². The average molecular weight is 259 g/mol. The van der Waals surface area contributed by atoms with Crippen molar-refractivity contribution in [3.05, 3.63) is 35.4 Å². The van der Waals surface area contributed by atoms with Crippen LogP contribution in [0.5, 0.6) is 0 Å². The molecule has 0 amide bonds. The van der Waals surface area contributed by atoms with Crippen LogP contribution in [0, 0.1) is 12.8 Å². The van der Waals surface area contributed by atoms with Crippen LogP contribution in [-0.4, -0.2) is 29.8 Å². The van der Waals surface area contributed by atoms with E-state index >= 15 is 0 Å². The van der Waals surface area contributed by atoms with Gasteiger partial charge >= 0.3 is 0 Å². The molecule has 1 unspecified atom stereocenters. The quantitative estimate of drug-likeness (QED) is 0.752. The van der Waals surface area contributed by atoms with Crippen LogP contribution in [0.4, 0.5) is 0 Å². The second-order valence-electron chi connectivity index (χ2n) is 6.03. The van der Waals surface area contributed by atoms with E-state index in [9.17, 15) is 4.79 Å². The minimum atomic E-state index is 0.273. The van der Waals surface area contributed by atoms with E-state index < -0.39 is 0 Å². The highest BCUT2D eigenvalue weighted by Crippen LogP contribution is 2.23. The van der Waals surface area contributed by atoms with Crippen LogP contribution in [0.1, 0.15) is 49.0 Å². The van der Waals surface area contributed by atoms with Gasteiger partial charge in [0, 0.05) is 24.6 Å². The Labute approximate surface area is 116 Å². The molecule has 2 nitrogen and oxygen atoms in total. The van der Waals surface area contributed by atoms with Crippen LogP contribution in [0.15, 0.2) is 24.3 Å². The Balaban J connectivity index is 1.88. The molecule has 1 fully saturated rings. The van der Waals surface area contributed by atoms with Gasteiger partial charge in [-0.15, -0.1) is 0 Å². The van der Waals surface area contributed by atoms with Crippen molar-refractivity contribution in [3.63, 3.8) is 0 Å². The highest BCUT2D eigenvalue weighted by atomic mass is 16.1. The fourth-order valence-electron chi connectivity index (χ4n) is 3.01. The number of likely N-dealkylation sites (tertiary alicyclic amines) is 1. The lowest BCUT2D eigenvalue weighted by atomic mass is 10.0. The number of hydrogen-bond acceptors (Lipinski definition) is 2. The van der Waals surface area contributed by atoms with E-state index in [1.165, 1.54) is 18.4 Å². The van der Waals surface area contributed by atoms with Crippen molar-refractivity contribution in [2.45, 2.75) is 46.1 Å². The molecule has 1 heterocycles. The van der Waals surface area contributed by atoms with Gasteiger partial charge in [0.05, 0.1) is 0 Å². The van der Waals surface area contributed by atoms with Gasteiger partial charge in [-0.25, -0.2) is 0 Å². The van der Waals surface area contributed by atoms with Crippen molar-refractivity contribution in [1.82, 2.24) is 4.90 Å². The molecule has 104 valence electrons. The summed E-state index contributed by atoms with van der Waals surface area (Å²) < 4.78 is 0. The number of carbonyl (C=O) groups excluding carboxylic acids is 1. The molecular formula is C17H25NO. The maximum atomic E-state index is 12.2. The van der Waals surface area contributed by atoms with E-state index in [0.717, 1.165) is 18.7 Å². The molecule has 0 spiro atoms. The molecule has 0 aromatic heterocycles. The van der Waals surface area contributed by atoms with Crippen molar-refractivity contribution < 1.29 is 4.79 Å². The van der Waals surface area contributed by atoms with Crippen LogP contribution < -0.4 is 0 Å². The molecule has 0 N–H and O–H groups in total. The summed E-state index contributed by atoms with van der Waals surface area (Å²) in [4.78, 5) is 14.7. The van der Waals surface area contributed by atoms with Crippen LogP contribution in [0.25, 0.3) is 0 Å². The smallest absolute Gasteiger partial charge is 0.164 e. The number of carbonyl (C=O) groups is 1. The molecule has 1 aromatic rings. The summed E-state index contributed by atoms with van der Waals surface area (Å²) in [6.45, 7) is 8.68. The molecule has 1 aromatic carbocycles. The Kier molecular flexibility index (Phi) is 4.76. The summed E-state index contributed by atoms with van der Waals surface area (Å²) >= 11 is 0. The van der Waals surface area contributed by atoms with Crippen molar-refractivity contribution in [2.24, 2.45) is 5.92 Å². The van der Waals surface area contributed by atoms with Gasteiger partial charge in [0.25, 0.3) is 0 Å². The normalized spacial score (nSPS) is 20.1. The van der Waals surface area contributed by atoms with Crippen molar-refractivity contribution in [3.8, 4) is 0 Å². The van der Waals surface area contributed by atoms with Gasteiger partial charge in [0.2, 0.25) is 0 Å². The molecular weight excluding hydrogens is 234 g/mol. The second-order valence-corrected chi connectivity index (χ2v) is 6.03. The summed E-state index contributed by atoms with van der Waals surface area (Å²) in [6.07, 6.45) is 3.21. The molecule has 0 bridgehead atoms. The first kappa shape index (κ1) is 14.3. The van der Waals surface area contributed by atoms with Gasteiger partial charge in [0.15, 0.2) is 5.78 Å². The van der Waals surface area contributed by atoms with Gasteiger partial charge < -0.3 is 0 Å². The number of Topliss-reactive ketones (excluding diaryl/α,β-unsaturated/α-hetero) is 1. The first-order chi connectivity index (χ1) is 9.08. The Bertz CT molecular complexity index is 421. The lowest BCUT2D eigenvalue weighted by molar-refractivity contribution is 0.0954. The summed E-state index contributed by atoms with van der Waals surface area (Å²) in [5.41, 5.74) is 2.06.